The number of halogens is 1. The molecule has 0 heterocycles. The van der Waals surface area contributed by atoms with E-state index in [0.717, 1.165) is 6.42 Å². The second kappa shape index (κ2) is 6.77. The molecule has 0 saturated carbocycles. The fourth-order valence-electron chi connectivity index (χ4n) is 2.25. The third kappa shape index (κ3) is 3.84. The lowest BCUT2D eigenvalue weighted by atomic mass is 10.00. The van der Waals surface area contributed by atoms with Gasteiger partial charge in [0.25, 0.3) is 0 Å². The van der Waals surface area contributed by atoms with Crippen molar-refractivity contribution in [3.63, 3.8) is 0 Å². The molecular formula is C18H21Cl. The minimum atomic E-state index is -0.0554. The van der Waals surface area contributed by atoms with Gasteiger partial charge in [-0.15, -0.1) is 11.6 Å². The fourth-order valence-corrected chi connectivity index (χ4v) is 2.54. The number of aryl methyl sites for hydroxylation is 2. The number of hydrogen-bond acceptors (Lipinski definition) is 0. The second-order valence-corrected chi connectivity index (χ2v) is 5.56. The summed E-state index contributed by atoms with van der Waals surface area (Å²) < 4.78 is 0. The van der Waals surface area contributed by atoms with E-state index in [-0.39, 0.29) is 5.38 Å². The van der Waals surface area contributed by atoms with Crippen molar-refractivity contribution in [3.05, 3.63) is 70.8 Å². The van der Waals surface area contributed by atoms with Gasteiger partial charge in [0.2, 0.25) is 0 Å². The Kier molecular flexibility index (Phi) is 5.04. The van der Waals surface area contributed by atoms with Crippen LogP contribution in [0.2, 0.25) is 0 Å². The lowest BCUT2D eigenvalue weighted by molar-refractivity contribution is 0.794. The summed E-state index contributed by atoms with van der Waals surface area (Å²) in [6.45, 7) is 4.32. The summed E-state index contributed by atoms with van der Waals surface area (Å²) in [6.07, 6.45) is 3.65. The van der Waals surface area contributed by atoms with Crippen molar-refractivity contribution in [1.82, 2.24) is 0 Å². The van der Waals surface area contributed by atoms with Crippen LogP contribution in [0.5, 0.6) is 0 Å². The van der Waals surface area contributed by atoms with Crippen LogP contribution in [0.1, 0.15) is 47.4 Å². The van der Waals surface area contributed by atoms with Crippen LogP contribution in [0.15, 0.2) is 48.5 Å². The molecule has 0 saturated heterocycles. The van der Waals surface area contributed by atoms with Crippen LogP contribution in [0.25, 0.3) is 0 Å². The monoisotopic (exact) mass is 272 g/mol. The first kappa shape index (κ1) is 14.1. The molecule has 0 aliphatic heterocycles. The van der Waals surface area contributed by atoms with Crippen molar-refractivity contribution in [3.8, 4) is 0 Å². The van der Waals surface area contributed by atoms with Crippen molar-refractivity contribution in [1.29, 1.82) is 0 Å². The highest BCUT2D eigenvalue weighted by molar-refractivity contribution is 6.22. The van der Waals surface area contributed by atoms with Crippen molar-refractivity contribution < 1.29 is 0 Å². The number of rotatable bonds is 5. The van der Waals surface area contributed by atoms with E-state index in [1.165, 1.54) is 35.1 Å². The summed E-state index contributed by atoms with van der Waals surface area (Å²) in [5, 5.41) is -0.0554. The van der Waals surface area contributed by atoms with E-state index < -0.39 is 0 Å². The highest BCUT2D eigenvalue weighted by Gasteiger charge is 2.10. The largest absolute Gasteiger partial charge is 0.113 e. The molecule has 2 aromatic carbocycles. The van der Waals surface area contributed by atoms with Crippen LogP contribution in [-0.4, -0.2) is 0 Å². The van der Waals surface area contributed by atoms with Crippen LogP contribution < -0.4 is 0 Å². The summed E-state index contributed by atoms with van der Waals surface area (Å²) in [7, 11) is 0. The SMILES string of the molecule is CCCCc1ccc(C(Cl)c2cccc(C)c2)cc1. The average molecular weight is 273 g/mol. The third-order valence-electron chi connectivity index (χ3n) is 3.43. The van der Waals surface area contributed by atoms with Gasteiger partial charge in [0.05, 0.1) is 5.38 Å². The van der Waals surface area contributed by atoms with Gasteiger partial charge >= 0.3 is 0 Å². The third-order valence-corrected chi connectivity index (χ3v) is 3.93. The molecule has 0 fully saturated rings. The zero-order valence-electron chi connectivity index (χ0n) is 11.7. The van der Waals surface area contributed by atoms with Gasteiger partial charge in [0.1, 0.15) is 0 Å². The smallest absolute Gasteiger partial charge is 0.0835 e. The number of unbranched alkanes of at least 4 members (excludes halogenated alkanes) is 1. The Morgan fingerprint density at radius 2 is 1.74 bits per heavy atom. The maximum Gasteiger partial charge on any atom is 0.0835 e. The van der Waals surface area contributed by atoms with Gasteiger partial charge in [-0.25, -0.2) is 0 Å². The van der Waals surface area contributed by atoms with E-state index in [9.17, 15) is 0 Å². The maximum atomic E-state index is 6.56. The Bertz CT molecular complexity index is 513. The first-order valence-electron chi connectivity index (χ1n) is 7.00. The molecule has 0 spiro atoms. The number of benzene rings is 2. The Morgan fingerprint density at radius 1 is 1.00 bits per heavy atom. The molecule has 1 heteroatoms. The summed E-state index contributed by atoms with van der Waals surface area (Å²) in [5.74, 6) is 0. The minimum absolute atomic E-state index is 0.0554. The quantitative estimate of drug-likeness (QED) is 0.616. The summed E-state index contributed by atoms with van der Waals surface area (Å²) in [4.78, 5) is 0. The molecule has 1 unspecified atom stereocenters. The molecule has 1 atom stereocenters. The van der Waals surface area contributed by atoms with Gasteiger partial charge < -0.3 is 0 Å². The van der Waals surface area contributed by atoms with E-state index in [2.05, 4.69) is 62.4 Å². The molecule has 0 bridgehead atoms. The van der Waals surface area contributed by atoms with E-state index >= 15 is 0 Å². The van der Waals surface area contributed by atoms with Gasteiger partial charge in [0.15, 0.2) is 0 Å². The second-order valence-electron chi connectivity index (χ2n) is 5.12. The predicted octanol–water partition coefficient (Wildman–Crippen LogP) is 5.67. The molecule has 0 aliphatic rings. The molecule has 0 radical (unpaired) electrons. The number of alkyl halides is 1. The van der Waals surface area contributed by atoms with Crippen LogP contribution in [0, 0.1) is 6.92 Å². The highest BCUT2D eigenvalue weighted by atomic mass is 35.5. The van der Waals surface area contributed by atoms with E-state index in [1.807, 2.05) is 0 Å². The maximum absolute atomic E-state index is 6.56. The van der Waals surface area contributed by atoms with E-state index in [4.69, 9.17) is 11.6 Å². The summed E-state index contributed by atoms with van der Waals surface area (Å²) >= 11 is 6.56. The zero-order valence-corrected chi connectivity index (χ0v) is 12.5. The van der Waals surface area contributed by atoms with Crippen molar-refractivity contribution in [2.24, 2.45) is 0 Å². The Morgan fingerprint density at radius 3 is 2.37 bits per heavy atom. The van der Waals surface area contributed by atoms with Crippen LogP contribution in [-0.2, 0) is 6.42 Å². The van der Waals surface area contributed by atoms with Crippen molar-refractivity contribution in [2.45, 2.75) is 38.5 Å². The molecule has 0 nitrogen and oxygen atoms in total. The number of hydrogen-bond donors (Lipinski definition) is 0. The molecule has 19 heavy (non-hydrogen) atoms. The highest BCUT2D eigenvalue weighted by Crippen LogP contribution is 2.29. The molecule has 2 aromatic rings. The van der Waals surface area contributed by atoms with Gasteiger partial charge in [-0.1, -0.05) is 67.4 Å². The molecular weight excluding hydrogens is 252 g/mol. The normalized spacial score (nSPS) is 12.4. The zero-order chi connectivity index (χ0) is 13.7. The Hall–Kier alpha value is -1.27. The Balaban J connectivity index is 2.13. The van der Waals surface area contributed by atoms with E-state index in [0.29, 0.717) is 0 Å². The lowest BCUT2D eigenvalue weighted by Gasteiger charge is -2.12. The molecule has 0 N–H and O–H groups in total. The van der Waals surface area contributed by atoms with Crippen molar-refractivity contribution in [2.75, 3.05) is 0 Å². The van der Waals surface area contributed by atoms with Gasteiger partial charge in [0, 0.05) is 0 Å². The predicted molar refractivity (Wildman–Crippen MR) is 83.9 cm³/mol. The van der Waals surface area contributed by atoms with Gasteiger partial charge in [-0.05, 0) is 36.5 Å². The van der Waals surface area contributed by atoms with Gasteiger partial charge in [-0.2, -0.15) is 0 Å². The molecule has 100 valence electrons. The molecule has 0 aromatic heterocycles. The standard InChI is InChI=1S/C18H21Cl/c1-3-4-7-15-9-11-16(12-10-15)18(19)17-8-5-6-14(2)13-17/h5-6,8-13,18H,3-4,7H2,1-2H3. The van der Waals surface area contributed by atoms with Crippen LogP contribution in [0.4, 0.5) is 0 Å². The van der Waals surface area contributed by atoms with Gasteiger partial charge in [-0.3, -0.25) is 0 Å². The topological polar surface area (TPSA) is 0 Å². The van der Waals surface area contributed by atoms with Crippen LogP contribution >= 0.6 is 11.6 Å². The van der Waals surface area contributed by atoms with E-state index in [1.54, 1.807) is 0 Å². The first-order valence-corrected chi connectivity index (χ1v) is 7.44. The average Bonchev–Trinajstić information content (AvgIpc) is 2.45. The van der Waals surface area contributed by atoms with Crippen molar-refractivity contribution >= 4 is 11.6 Å². The summed E-state index contributed by atoms with van der Waals surface area (Å²) in [5.41, 5.74) is 5.00. The Labute approximate surface area is 121 Å². The van der Waals surface area contributed by atoms with Crippen LogP contribution in [0.3, 0.4) is 0 Å². The summed E-state index contributed by atoms with van der Waals surface area (Å²) in [6, 6.07) is 17.1. The fraction of sp³-hybridized carbons (Fsp3) is 0.333. The minimum Gasteiger partial charge on any atom is -0.113 e. The first-order chi connectivity index (χ1) is 9.20. The molecule has 2 rings (SSSR count). The lowest BCUT2D eigenvalue weighted by Crippen LogP contribution is -1.94. The molecule has 0 aliphatic carbocycles. The molecule has 0 amide bonds.